The average molecular weight is 370 g/mol. The van der Waals surface area contributed by atoms with Crippen LogP contribution in [-0.4, -0.2) is 17.7 Å². The molecule has 1 aromatic heterocycles. The molecule has 0 saturated heterocycles. The maximum atomic E-state index is 12.2. The van der Waals surface area contributed by atoms with Crippen LogP contribution < -0.4 is 10.6 Å². The molecule has 1 aliphatic carbocycles. The lowest BCUT2D eigenvalue weighted by atomic mass is 9.66. The highest BCUT2D eigenvalue weighted by atomic mass is 16.5. The van der Waals surface area contributed by atoms with Crippen molar-refractivity contribution in [3.05, 3.63) is 42.2 Å². The summed E-state index contributed by atoms with van der Waals surface area (Å²) in [5.41, 5.74) is 2.07. The first-order chi connectivity index (χ1) is 12.9. The number of urea groups is 1. The number of amides is 2. The Morgan fingerprint density at radius 1 is 1.15 bits per heavy atom. The van der Waals surface area contributed by atoms with Crippen molar-refractivity contribution < 1.29 is 9.32 Å². The summed E-state index contributed by atoms with van der Waals surface area (Å²) in [7, 11) is 0. The summed E-state index contributed by atoms with van der Waals surface area (Å²) in [5.74, 6) is 1.86. The Hall–Kier alpha value is -2.30. The highest BCUT2D eigenvalue weighted by molar-refractivity contribution is 5.73. The standard InChI is InChI=1S/C22H31N3O2/c1-22(2,3)19-12-8-7-11-17(19)14-23-21(26)24-15-18-13-20(25-27-18)16-9-5-4-6-10-16/h4-6,9-10,13,17,19H,7-8,11-12,14-15H2,1-3H3,(H2,23,24,26). The summed E-state index contributed by atoms with van der Waals surface area (Å²) in [6.07, 6.45) is 5.03. The smallest absolute Gasteiger partial charge is 0.315 e. The summed E-state index contributed by atoms with van der Waals surface area (Å²) < 4.78 is 5.33. The molecule has 3 rings (SSSR count). The van der Waals surface area contributed by atoms with Crippen molar-refractivity contribution in [1.82, 2.24) is 15.8 Å². The van der Waals surface area contributed by atoms with Crippen LogP contribution in [0.4, 0.5) is 4.79 Å². The molecule has 2 aromatic rings. The van der Waals surface area contributed by atoms with Crippen LogP contribution in [-0.2, 0) is 6.54 Å². The Kier molecular flexibility index (Phi) is 6.19. The van der Waals surface area contributed by atoms with Crippen molar-refractivity contribution >= 4 is 6.03 Å². The van der Waals surface area contributed by atoms with Crippen molar-refractivity contribution in [2.24, 2.45) is 17.3 Å². The molecule has 1 aromatic carbocycles. The van der Waals surface area contributed by atoms with Gasteiger partial charge >= 0.3 is 6.03 Å². The van der Waals surface area contributed by atoms with Crippen LogP contribution in [0.5, 0.6) is 0 Å². The number of hydrogen-bond acceptors (Lipinski definition) is 3. The first-order valence-electron chi connectivity index (χ1n) is 9.96. The number of aromatic nitrogens is 1. The lowest BCUT2D eigenvalue weighted by molar-refractivity contribution is 0.107. The SMILES string of the molecule is CC(C)(C)C1CCCCC1CNC(=O)NCc1cc(-c2ccccc2)no1. The van der Waals surface area contributed by atoms with Gasteiger partial charge in [-0.1, -0.05) is 69.1 Å². The topological polar surface area (TPSA) is 67.2 Å². The van der Waals surface area contributed by atoms with Crippen molar-refractivity contribution in [1.29, 1.82) is 0 Å². The van der Waals surface area contributed by atoms with Gasteiger partial charge in [0.2, 0.25) is 0 Å². The maximum Gasteiger partial charge on any atom is 0.315 e. The lowest BCUT2D eigenvalue weighted by Crippen LogP contribution is -2.42. The second-order valence-corrected chi connectivity index (χ2v) is 8.63. The van der Waals surface area contributed by atoms with Gasteiger partial charge in [0.15, 0.2) is 5.76 Å². The second kappa shape index (κ2) is 8.59. The van der Waals surface area contributed by atoms with E-state index < -0.39 is 0 Å². The first-order valence-corrected chi connectivity index (χ1v) is 9.96. The molecule has 0 aliphatic heterocycles. The van der Waals surface area contributed by atoms with Crippen LogP contribution >= 0.6 is 0 Å². The van der Waals surface area contributed by atoms with Crippen molar-refractivity contribution in [3.63, 3.8) is 0 Å². The molecule has 1 saturated carbocycles. The Balaban J connectivity index is 1.47. The number of rotatable bonds is 5. The molecule has 5 nitrogen and oxygen atoms in total. The van der Waals surface area contributed by atoms with Crippen molar-refractivity contribution in [2.75, 3.05) is 6.54 Å². The fraction of sp³-hybridized carbons (Fsp3) is 0.545. The van der Waals surface area contributed by atoms with Crippen LogP contribution in [0, 0.1) is 17.3 Å². The zero-order valence-electron chi connectivity index (χ0n) is 16.6. The highest BCUT2D eigenvalue weighted by Gasteiger charge is 2.34. The van der Waals surface area contributed by atoms with Gasteiger partial charge in [-0.15, -0.1) is 0 Å². The fourth-order valence-corrected chi connectivity index (χ4v) is 4.19. The molecule has 0 spiro atoms. The molecular weight excluding hydrogens is 338 g/mol. The molecule has 1 aliphatic rings. The van der Waals surface area contributed by atoms with E-state index in [-0.39, 0.29) is 11.4 Å². The van der Waals surface area contributed by atoms with Gasteiger partial charge in [-0.25, -0.2) is 4.79 Å². The maximum absolute atomic E-state index is 12.2. The minimum Gasteiger partial charge on any atom is -0.359 e. The Morgan fingerprint density at radius 2 is 1.89 bits per heavy atom. The van der Waals surface area contributed by atoms with Gasteiger partial charge in [0.05, 0.1) is 6.54 Å². The van der Waals surface area contributed by atoms with E-state index in [9.17, 15) is 4.79 Å². The van der Waals surface area contributed by atoms with Crippen molar-refractivity contribution in [3.8, 4) is 11.3 Å². The van der Waals surface area contributed by atoms with E-state index in [4.69, 9.17) is 4.52 Å². The lowest BCUT2D eigenvalue weighted by Gasteiger charge is -2.40. The first kappa shape index (κ1) is 19.5. The van der Waals surface area contributed by atoms with Crippen LogP contribution in [0.2, 0.25) is 0 Å². The van der Waals surface area contributed by atoms with Crippen LogP contribution in [0.15, 0.2) is 40.9 Å². The van der Waals surface area contributed by atoms with Gasteiger partial charge in [-0.2, -0.15) is 0 Å². The number of carbonyl (C=O) groups excluding carboxylic acids is 1. The number of benzene rings is 1. The Bertz CT molecular complexity index is 734. The van der Waals surface area contributed by atoms with E-state index in [1.807, 2.05) is 36.4 Å². The molecule has 2 unspecified atom stereocenters. The molecule has 146 valence electrons. The minimum atomic E-state index is -0.147. The van der Waals surface area contributed by atoms with E-state index in [1.54, 1.807) is 0 Å². The molecule has 2 amide bonds. The second-order valence-electron chi connectivity index (χ2n) is 8.63. The van der Waals surface area contributed by atoms with E-state index in [1.165, 1.54) is 25.7 Å². The molecular formula is C22H31N3O2. The summed E-state index contributed by atoms with van der Waals surface area (Å²) in [4.78, 5) is 12.2. The molecule has 0 bridgehead atoms. The predicted molar refractivity (Wildman–Crippen MR) is 107 cm³/mol. The third-order valence-electron chi connectivity index (χ3n) is 5.60. The summed E-state index contributed by atoms with van der Waals surface area (Å²) in [6.45, 7) is 8.00. The molecule has 1 fully saturated rings. The summed E-state index contributed by atoms with van der Waals surface area (Å²) in [6, 6.07) is 11.6. The van der Waals surface area contributed by atoms with Gasteiger partial charge < -0.3 is 15.2 Å². The predicted octanol–water partition coefficient (Wildman–Crippen LogP) is 4.99. The average Bonchev–Trinajstić information content (AvgIpc) is 3.14. The van der Waals surface area contributed by atoms with Crippen molar-refractivity contribution in [2.45, 2.75) is 53.0 Å². The van der Waals surface area contributed by atoms with E-state index >= 15 is 0 Å². The van der Waals surface area contributed by atoms with E-state index in [2.05, 4.69) is 36.6 Å². The Labute approximate surface area is 161 Å². The van der Waals surface area contributed by atoms with Crippen LogP contribution in [0.3, 0.4) is 0 Å². The highest BCUT2D eigenvalue weighted by Crippen LogP contribution is 2.41. The van der Waals surface area contributed by atoms with Gasteiger partial charge in [0, 0.05) is 18.2 Å². The molecule has 27 heavy (non-hydrogen) atoms. The largest absolute Gasteiger partial charge is 0.359 e. The molecule has 5 heteroatoms. The van der Waals surface area contributed by atoms with Crippen LogP contribution in [0.25, 0.3) is 11.3 Å². The minimum absolute atomic E-state index is 0.147. The number of nitrogens with zero attached hydrogens (tertiary/aromatic N) is 1. The quantitative estimate of drug-likeness (QED) is 0.780. The van der Waals surface area contributed by atoms with Gasteiger partial charge in [0.25, 0.3) is 0 Å². The zero-order valence-corrected chi connectivity index (χ0v) is 16.6. The summed E-state index contributed by atoms with van der Waals surface area (Å²) >= 11 is 0. The normalized spacial score (nSPS) is 20.3. The third kappa shape index (κ3) is 5.34. The van der Waals surface area contributed by atoms with Crippen LogP contribution in [0.1, 0.15) is 52.2 Å². The Morgan fingerprint density at radius 3 is 2.63 bits per heavy atom. The number of hydrogen-bond donors (Lipinski definition) is 2. The number of carbonyl (C=O) groups is 1. The van der Waals surface area contributed by atoms with Gasteiger partial charge in [-0.3, -0.25) is 0 Å². The van der Waals surface area contributed by atoms with Gasteiger partial charge in [0.1, 0.15) is 5.69 Å². The fourth-order valence-electron chi connectivity index (χ4n) is 4.19. The molecule has 2 atom stereocenters. The number of nitrogens with one attached hydrogen (secondary N) is 2. The summed E-state index contributed by atoms with van der Waals surface area (Å²) in [5, 5.41) is 10.00. The zero-order chi connectivity index (χ0) is 19.3. The molecule has 0 radical (unpaired) electrons. The monoisotopic (exact) mass is 369 g/mol. The van der Waals surface area contributed by atoms with Gasteiger partial charge in [-0.05, 0) is 30.1 Å². The third-order valence-corrected chi connectivity index (χ3v) is 5.60. The molecule has 1 heterocycles. The molecule has 2 N–H and O–H groups in total. The van der Waals surface area contributed by atoms with E-state index in [0.717, 1.165) is 17.8 Å². The van der Waals surface area contributed by atoms with E-state index in [0.29, 0.717) is 24.1 Å².